The number of carboxylic acid groups (broad SMARTS) is 1. The highest BCUT2D eigenvalue weighted by Crippen LogP contribution is 2.38. The predicted molar refractivity (Wildman–Crippen MR) is 90.2 cm³/mol. The van der Waals surface area contributed by atoms with E-state index in [0.29, 0.717) is 19.4 Å². The van der Waals surface area contributed by atoms with Crippen molar-refractivity contribution in [2.45, 2.75) is 51.4 Å². The monoisotopic (exact) mass is 318 g/mol. The number of anilines is 1. The Hall–Kier alpha value is -1.88. The molecule has 2 rings (SSSR count). The van der Waals surface area contributed by atoms with Crippen molar-refractivity contribution in [3.8, 4) is 0 Å². The molecule has 1 aromatic carbocycles. The summed E-state index contributed by atoms with van der Waals surface area (Å²) < 4.78 is 0. The first-order chi connectivity index (χ1) is 11.0. The topological polar surface area (TPSA) is 92.4 Å². The van der Waals surface area contributed by atoms with E-state index in [-0.39, 0.29) is 17.7 Å². The number of amides is 1. The van der Waals surface area contributed by atoms with E-state index in [9.17, 15) is 9.59 Å². The molecule has 0 radical (unpaired) electrons. The molecule has 0 saturated heterocycles. The smallest absolute Gasteiger partial charge is 0.303 e. The van der Waals surface area contributed by atoms with Crippen LogP contribution in [0.2, 0.25) is 0 Å². The summed E-state index contributed by atoms with van der Waals surface area (Å²) >= 11 is 0. The number of nitrogens with one attached hydrogen (secondary N) is 1. The fraction of sp³-hybridized carbons (Fsp3) is 0.556. The van der Waals surface area contributed by atoms with Gasteiger partial charge in [-0.05, 0) is 48.9 Å². The van der Waals surface area contributed by atoms with Crippen molar-refractivity contribution in [3.05, 3.63) is 29.8 Å². The van der Waals surface area contributed by atoms with Gasteiger partial charge in [-0.2, -0.15) is 0 Å². The molecule has 1 fully saturated rings. The van der Waals surface area contributed by atoms with Gasteiger partial charge in [0.2, 0.25) is 5.91 Å². The Morgan fingerprint density at radius 1 is 1.22 bits per heavy atom. The van der Waals surface area contributed by atoms with Gasteiger partial charge in [0.15, 0.2) is 0 Å². The van der Waals surface area contributed by atoms with Crippen LogP contribution in [0.15, 0.2) is 24.3 Å². The molecule has 1 saturated carbocycles. The molecule has 1 amide bonds. The maximum atomic E-state index is 12.4. The van der Waals surface area contributed by atoms with E-state index in [2.05, 4.69) is 5.32 Å². The average Bonchev–Trinajstić information content (AvgIpc) is 2.54. The van der Waals surface area contributed by atoms with Crippen molar-refractivity contribution in [1.29, 1.82) is 0 Å². The molecular formula is C18H26N2O3. The van der Waals surface area contributed by atoms with E-state index in [0.717, 1.165) is 36.9 Å². The van der Waals surface area contributed by atoms with E-state index < -0.39 is 5.97 Å². The second kappa shape index (κ2) is 8.11. The van der Waals surface area contributed by atoms with Gasteiger partial charge in [0.1, 0.15) is 0 Å². The molecule has 0 unspecified atom stereocenters. The van der Waals surface area contributed by atoms with Crippen molar-refractivity contribution in [3.63, 3.8) is 0 Å². The molecule has 23 heavy (non-hydrogen) atoms. The van der Waals surface area contributed by atoms with Crippen molar-refractivity contribution >= 4 is 17.6 Å². The number of rotatable bonds is 7. The molecule has 0 aromatic heterocycles. The Bertz CT molecular complexity index is 551. The summed E-state index contributed by atoms with van der Waals surface area (Å²) in [6, 6.07) is 7.39. The Kier molecular flexibility index (Phi) is 6.16. The first kappa shape index (κ1) is 17.5. The van der Waals surface area contributed by atoms with Gasteiger partial charge in [-0.25, -0.2) is 0 Å². The molecule has 0 bridgehead atoms. The summed E-state index contributed by atoms with van der Waals surface area (Å²) in [6.45, 7) is 0.555. The average molecular weight is 318 g/mol. The van der Waals surface area contributed by atoms with Crippen LogP contribution in [0.4, 0.5) is 5.69 Å². The molecule has 0 spiro atoms. The molecule has 0 heterocycles. The number of hydrogen-bond acceptors (Lipinski definition) is 3. The second-order valence-corrected chi connectivity index (χ2v) is 6.58. The molecule has 5 heteroatoms. The van der Waals surface area contributed by atoms with Crippen LogP contribution in [0.3, 0.4) is 0 Å². The predicted octanol–water partition coefficient (Wildman–Crippen LogP) is 2.94. The number of hydrogen-bond donors (Lipinski definition) is 3. The minimum atomic E-state index is -0.818. The van der Waals surface area contributed by atoms with Gasteiger partial charge < -0.3 is 16.2 Å². The van der Waals surface area contributed by atoms with Crippen molar-refractivity contribution in [2.75, 3.05) is 11.9 Å². The van der Waals surface area contributed by atoms with Crippen molar-refractivity contribution < 1.29 is 14.7 Å². The van der Waals surface area contributed by atoms with E-state index in [1.54, 1.807) is 0 Å². The SMILES string of the molecule is NCC1(CC(=O)Nc2cccc(CCC(=O)O)c2)CCCCC1. The first-order valence-corrected chi connectivity index (χ1v) is 8.34. The van der Waals surface area contributed by atoms with Gasteiger partial charge in [0.05, 0.1) is 0 Å². The number of nitrogens with two attached hydrogens (primary N) is 1. The van der Waals surface area contributed by atoms with E-state index >= 15 is 0 Å². The Morgan fingerprint density at radius 2 is 1.96 bits per heavy atom. The van der Waals surface area contributed by atoms with Gasteiger partial charge >= 0.3 is 5.97 Å². The van der Waals surface area contributed by atoms with Crippen LogP contribution in [0, 0.1) is 5.41 Å². The van der Waals surface area contributed by atoms with Crippen molar-refractivity contribution in [1.82, 2.24) is 0 Å². The molecule has 0 atom stereocenters. The zero-order chi connectivity index (χ0) is 16.7. The highest BCUT2D eigenvalue weighted by molar-refractivity contribution is 5.91. The third kappa shape index (κ3) is 5.36. The Balaban J connectivity index is 1.94. The lowest BCUT2D eigenvalue weighted by atomic mass is 9.71. The maximum absolute atomic E-state index is 12.4. The van der Waals surface area contributed by atoms with E-state index in [1.807, 2.05) is 24.3 Å². The number of carbonyl (C=O) groups excluding carboxylic acids is 1. The zero-order valence-electron chi connectivity index (χ0n) is 13.5. The summed E-state index contributed by atoms with van der Waals surface area (Å²) in [4.78, 5) is 23.0. The van der Waals surface area contributed by atoms with Crippen molar-refractivity contribution in [2.24, 2.45) is 11.1 Å². The van der Waals surface area contributed by atoms with Crippen LogP contribution in [-0.2, 0) is 16.0 Å². The molecule has 0 aliphatic heterocycles. The molecule has 1 aliphatic carbocycles. The van der Waals surface area contributed by atoms with Gasteiger partial charge in [-0.3, -0.25) is 9.59 Å². The standard InChI is InChI=1S/C18H26N2O3/c19-13-18(9-2-1-3-10-18)12-16(21)20-15-6-4-5-14(11-15)7-8-17(22)23/h4-6,11H,1-3,7-10,12-13,19H2,(H,20,21)(H,22,23). The first-order valence-electron chi connectivity index (χ1n) is 8.34. The molecule has 1 aliphatic rings. The van der Waals surface area contributed by atoms with Crippen LogP contribution in [0.1, 0.15) is 50.5 Å². The van der Waals surface area contributed by atoms with Crippen LogP contribution in [0.5, 0.6) is 0 Å². The van der Waals surface area contributed by atoms with Crippen LogP contribution in [0.25, 0.3) is 0 Å². The number of carbonyl (C=O) groups is 2. The third-order valence-corrected chi connectivity index (χ3v) is 4.72. The van der Waals surface area contributed by atoms with Gasteiger partial charge in [-0.15, -0.1) is 0 Å². The second-order valence-electron chi connectivity index (χ2n) is 6.58. The number of benzene rings is 1. The summed E-state index contributed by atoms with van der Waals surface area (Å²) in [5.74, 6) is -0.825. The molecule has 5 nitrogen and oxygen atoms in total. The normalized spacial score (nSPS) is 16.7. The fourth-order valence-electron chi connectivity index (χ4n) is 3.36. The van der Waals surface area contributed by atoms with E-state index in [1.165, 1.54) is 6.42 Å². The minimum Gasteiger partial charge on any atom is -0.481 e. The van der Waals surface area contributed by atoms with Crippen LogP contribution >= 0.6 is 0 Å². The maximum Gasteiger partial charge on any atom is 0.303 e. The molecule has 1 aromatic rings. The summed E-state index contributed by atoms with van der Waals surface area (Å²) in [6.07, 6.45) is 6.59. The number of aryl methyl sites for hydroxylation is 1. The largest absolute Gasteiger partial charge is 0.481 e. The number of carboxylic acids is 1. The summed E-state index contributed by atoms with van der Waals surface area (Å²) in [5.41, 5.74) is 7.52. The van der Waals surface area contributed by atoms with Gasteiger partial charge in [0.25, 0.3) is 0 Å². The summed E-state index contributed by atoms with van der Waals surface area (Å²) in [7, 11) is 0. The molecular weight excluding hydrogens is 292 g/mol. The van der Waals surface area contributed by atoms with Gasteiger partial charge in [0, 0.05) is 18.5 Å². The summed E-state index contributed by atoms with van der Waals surface area (Å²) in [5, 5.41) is 11.7. The number of aliphatic carboxylic acids is 1. The molecule has 4 N–H and O–H groups in total. The van der Waals surface area contributed by atoms with E-state index in [4.69, 9.17) is 10.8 Å². The fourth-order valence-corrected chi connectivity index (χ4v) is 3.36. The minimum absolute atomic E-state index is 0.00673. The third-order valence-electron chi connectivity index (χ3n) is 4.72. The quantitative estimate of drug-likeness (QED) is 0.720. The Labute approximate surface area is 137 Å². The van der Waals surface area contributed by atoms with Gasteiger partial charge in [-0.1, -0.05) is 31.4 Å². The zero-order valence-corrected chi connectivity index (χ0v) is 13.5. The van der Waals surface area contributed by atoms with Crippen LogP contribution in [-0.4, -0.2) is 23.5 Å². The van der Waals surface area contributed by atoms with Crippen LogP contribution < -0.4 is 11.1 Å². The molecule has 126 valence electrons. The lowest BCUT2D eigenvalue weighted by molar-refractivity contribution is -0.137. The highest BCUT2D eigenvalue weighted by Gasteiger charge is 2.32. The lowest BCUT2D eigenvalue weighted by Gasteiger charge is -2.35. The Morgan fingerprint density at radius 3 is 2.61 bits per heavy atom. The highest BCUT2D eigenvalue weighted by atomic mass is 16.4. The lowest BCUT2D eigenvalue weighted by Crippen LogP contribution is -2.36.